The summed E-state index contributed by atoms with van der Waals surface area (Å²) in [5.41, 5.74) is 0. The molecule has 0 unspecified atom stereocenters. The first kappa shape index (κ1) is 12.0. The van der Waals surface area contributed by atoms with Gasteiger partial charge in [-0.1, -0.05) is 0 Å². The zero-order valence-electron chi connectivity index (χ0n) is 6.60. The average molecular weight is 211 g/mol. The van der Waals surface area contributed by atoms with Crippen LogP contribution < -0.4 is 0 Å². The molecule has 0 aliphatic carbocycles. The van der Waals surface area contributed by atoms with Crippen molar-refractivity contribution in [3.63, 3.8) is 0 Å². The predicted molar refractivity (Wildman–Crippen MR) is 36.7 cm³/mol. The minimum Gasteiger partial charge on any atom is -0.340 e. The van der Waals surface area contributed by atoms with Crippen molar-refractivity contribution in [3.05, 3.63) is 30.3 Å². The van der Waals surface area contributed by atoms with Gasteiger partial charge in [0.25, 0.3) is 5.09 Å². The minimum absolute atomic E-state index is 0.884. The number of nitrogens with zero attached hydrogens (tertiary/aromatic N) is 3. The Morgan fingerprint density at radius 1 is 1.07 bits per heavy atom. The van der Waals surface area contributed by atoms with Crippen LogP contribution in [-0.4, -0.2) is 34.5 Å². The highest BCUT2D eigenvalue weighted by atomic mass is 17.0. The molecule has 0 radical (unpaired) electrons. The van der Waals surface area contributed by atoms with Gasteiger partial charge in [-0.3, -0.25) is 25.1 Å². The molecule has 11 nitrogen and oxygen atoms in total. The number of nitro groups is 2. The Labute approximate surface area is 75.6 Å². The first-order chi connectivity index (χ1) is 6.45. The lowest BCUT2D eigenvalue weighted by molar-refractivity contribution is -0.772. The molecule has 11 heteroatoms. The van der Waals surface area contributed by atoms with Gasteiger partial charge >= 0.3 is 6.17 Å². The second-order valence-electron chi connectivity index (χ2n) is 1.89. The second-order valence-corrected chi connectivity index (χ2v) is 1.89. The third-order valence-electron chi connectivity index (χ3n) is 0.995. The molecule has 0 saturated carbocycles. The molecule has 0 fully saturated rings. The highest BCUT2D eigenvalue weighted by Crippen LogP contribution is 1.93. The molecule has 0 bridgehead atoms. The maximum absolute atomic E-state index is 9.98. The number of ether oxygens (including phenoxy) is 1. The second kappa shape index (κ2) is 5.58. The van der Waals surface area contributed by atoms with Crippen LogP contribution in [-0.2, 0) is 9.57 Å². The first-order valence-corrected chi connectivity index (χ1v) is 3.07. The summed E-state index contributed by atoms with van der Waals surface area (Å²) in [6.45, 7) is -1.78. The van der Waals surface area contributed by atoms with Crippen molar-refractivity contribution >= 4 is 0 Å². The van der Waals surface area contributed by atoms with E-state index in [1.165, 1.54) is 0 Å². The smallest absolute Gasteiger partial charge is 0.340 e. The van der Waals surface area contributed by atoms with Gasteiger partial charge in [-0.2, -0.15) is 0 Å². The van der Waals surface area contributed by atoms with Gasteiger partial charge in [0.2, 0.25) is 0 Å². The molecule has 0 aromatic carbocycles. The van der Waals surface area contributed by atoms with Gasteiger partial charge in [0, 0.05) is 0 Å². The minimum atomic E-state index is -2.15. The van der Waals surface area contributed by atoms with Crippen molar-refractivity contribution in [3.8, 4) is 0 Å². The molecule has 0 amide bonds. The molecule has 0 aliphatic rings. The van der Waals surface area contributed by atoms with E-state index in [1.807, 2.05) is 0 Å². The van der Waals surface area contributed by atoms with Gasteiger partial charge in [-0.25, -0.2) is 0 Å². The summed E-state index contributed by atoms with van der Waals surface area (Å²) in [5.74, 6) is 0. The van der Waals surface area contributed by atoms with Crippen LogP contribution in [0.1, 0.15) is 0 Å². The highest BCUT2D eigenvalue weighted by Gasteiger charge is 2.32. The van der Waals surface area contributed by atoms with Gasteiger partial charge < -0.3 is 4.74 Å². The Balaban J connectivity index is 3.78. The van der Waals surface area contributed by atoms with Gasteiger partial charge in [0.15, 0.2) is 13.4 Å². The van der Waals surface area contributed by atoms with Crippen LogP contribution in [0.4, 0.5) is 0 Å². The zero-order valence-corrected chi connectivity index (χ0v) is 6.60. The maximum Gasteiger partial charge on any atom is 0.473 e. The van der Waals surface area contributed by atoms with E-state index in [0.717, 1.165) is 0 Å². The topological polar surface area (TPSA) is 148 Å². The van der Waals surface area contributed by atoms with E-state index in [9.17, 15) is 30.3 Å². The van der Waals surface area contributed by atoms with E-state index in [1.54, 1.807) is 0 Å². The molecule has 0 atom stereocenters. The fourth-order valence-corrected chi connectivity index (χ4v) is 0.433. The maximum atomic E-state index is 9.98. The van der Waals surface area contributed by atoms with Crippen LogP contribution in [0.2, 0.25) is 0 Å². The Hall–Kier alpha value is -2.04. The van der Waals surface area contributed by atoms with Gasteiger partial charge in [-0.15, -0.1) is 10.1 Å². The Morgan fingerprint density at radius 3 is 1.93 bits per heavy atom. The van der Waals surface area contributed by atoms with E-state index < -0.39 is 34.5 Å². The van der Waals surface area contributed by atoms with Crippen molar-refractivity contribution in [2.24, 2.45) is 0 Å². The van der Waals surface area contributed by atoms with E-state index in [-0.39, 0.29) is 0 Å². The number of rotatable bonds is 7. The lowest BCUT2D eigenvalue weighted by Gasteiger charge is -2.02. The average Bonchev–Trinajstić information content (AvgIpc) is 2.01. The molecule has 0 aromatic heterocycles. The van der Waals surface area contributed by atoms with Crippen molar-refractivity contribution in [2.75, 3.05) is 13.4 Å². The SMILES string of the molecule is O=[N+]([O-])OCOCC([N+](=O)[O-])[N+](=O)[O-]. The van der Waals surface area contributed by atoms with E-state index >= 15 is 0 Å². The molecule has 0 aromatic rings. The molecular weight excluding hydrogens is 206 g/mol. The number of hydrogen-bond donors (Lipinski definition) is 0. The summed E-state index contributed by atoms with van der Waals surface area (Å²) in [5, 5.41) is 28.3. The molecule has 0 rings (SSSR count). The van der Waals surface area contributed by atoms with Gasteiger partial charge in [0.1, 0.15) is 0 Å². The Bertz CT molecular complexity index is 226. The van der Waals surface area contributed by atoms with Gasteiger partial charge in [-0.05, 0) is 0 Å². The van der Waals surface area contributed by atoms with Crippen molar-refractivity contribution in [1.29, 1.82) is 0 Å². The normalized spacial score (nSPS) is 9.79. The van der Waals surface area contributed by atoms with Crippen molar-refractivity contribution in [1.82, 2.24) is 0 Å². The largest absolute Gasteiger partial charge is 0.473 e. The van der Waals surface area contributed by atoms with Crippen LogP contribution in [0.15, 0.2) is 0 Å². The first-order valence-electron chi connectivity index (χ1n) is 3.07. The van der Waals surface area contributed by atoms with Crippen LogP contribution in [0.3, 0.4) is 0 Å². The molecule has 0 N–H and O–H groups in total. The lowest BCUT2D eigenvalue weighted by Crippen LogP contribution is -2.34. The molecule has 0 saturated heterocycles. The fourth-order valence-electron chi connectivity index (χ4n) is 0.433. The predicted octanol–water partition coefficient (Wildman–Crippen LogP) is -0.952. The summed E-state index contributed by atoms with van der Waals surface area (Å²) in [4.78, 5) is 30.8. The zero-order chi connectivity index (χ0) is 11.1. The third-order valence-corrected chi connectivity index (χ3v) is 0.995. The highest BCUT2D eigenvalue weighted by molar-refractivity contribution is 4.36. The standard InChI is InChI=1S/C3H5N3O8/c7-4(8)3(5(9)10)1-13-2-14-6(11)12/h3H,1-2H2. The van der Waals surface area contributed by atoms with E-state index in [0.29, 0.717) is 0 Å². The van der Waals surface area contributed by atoms with Crippen molar-refractivity contribution in [2.45, 2.75) is 6.17 Å². The van der Waals surface area contributed by atoms with E-state index in [4.69, 9.17) is 0 Å². The van der Waals surface area contributed by atoms with E-state index in [2.05, 4.69) is 9.57 Å². The summed E-state index contributed by atoms with van der Waals surface area (Å²) in [6.07, 6.45) is -2.15. The summed E-state index contributed by atoms with van der Waals surface area (Å²) < 4.78 is 4.18. The lowest BCUT2D eigenvalue weighted by atomic mass is 10.6. The monoisotopic (exact) mass is 211 g/mol. The molecule has 0 spiro atoms. The fraction of sp³-hybridized carbons (Fsp3) is 1.00. The Morgan fingerprint density at radius 2 is 1.57 bits per heavy atom. The van der Waals surface area contributed by atoms with Crippen LogP contribution >= 0.6 is 0 Å². The van der Waals surface area contributed by atoms with Crippen LogP contribution in [0.25, 0.3) is 0 Å². The Kier molecular flexibility index (Phi) is 4.77. The number of hydrogen-bond acceptors (Lipinski definition) is 8. The van der Waals surface area contributed by atoms with Crippen LogP contribution in [0, 0.1) is 30.3 Å². The summed E-state index contributed by atoms with van der Waals surface area (Å²) in [6, 6.07) is 0. The third kappa shape index (κ3) is 4.76. The van der Waals surface area contributed by atoms with Crippen LogP contribution in [0.5, 0.6) is 0 Å². The van der Waals surface area contributed by atoms with Gasteiger partial charge in [0.05, 0.1) is 9.85 Å². The summed E-state index contributed by atoms with van der Waals surface area (Å²) >= 11 is 0. The van der Waals surface area contributed by atoms with Crippen molar-refractivity contribution < 1.29 is 24.5 Å². The quantitative estimate of drug-likeness (QED) is 0.226. The molecule has 80 valence electrons. The molecule has 0 aliphatic heterocycles. The molecule has 0 heterocycles. The molecule has 14 heavy (non-hydrogen) atoms. The summed E-state index contributed by atoms with van der Waals surface area (Å²) in [7, 11) is 0. The molecular formula is C3H5N3O8.